The number of halogens is 3. The number of alkyl halides is 3. The molecule has 0 saturated carbocycles. The maximum Gasteiger partial charge on any atom is 0.573 e. The number of hydrogen-bond acceptors (Lipinski definition) is 3. The molecule has 3 N–H and O–H groups in total. The van der Waals surface area contributed by atoms with Gasteiger partial charge in [0.15, 0.2) is 0 Å². The van der Waals surface area contributed by atoms with E-state index in [2.05, 4.69) is 10.7 Å². The van der Waals surface area contributed by atoms with Crippen LogP contribution in [0.5, 0.6) is 5.75 Å². The Morgan fingerprint density at radius 1 is 1.26 bits per heavy atom. The molecule has 0 fully saturated rings. The quantitative estimate of drug-likeness (QED) is 0.790. The van der Waals surface area contributed by atoms with Crippen LogP contribution in [0.25, 0.3) is 0 Å². The number of hydrogen-bond donors (Lipinski definition) is 2. The van der Waals surface area contributed by atoms with Crippen molar-refractivity contribution < 1.29 is 32.6 Å². The summed E-state index contributed by atoms with van der Waals surface area (Å²) in [6.45, 7) is 0. The Kier molecular flexibility index (Phi) is 4.01. The summed E-state index contributed by atoms with van der Waals surface area (Å²) in [7, 11) is 0. The van der Waals surface area contributed by atoms with Gasteiger partial charge in [0.05, 0.1) is 5.56 Å². The zero-order valence-electron chi connectivity index (χ0n) is 9.12. The Labute approximate surface area is 104 Å². The second-order valence-corrected chi connectivity index (χ2v) is 3.21. The molecule has 0 aliphatic rings. The number of primary amides is 1. The van der Waals surface area contributed by atoms with Gasteiger partial charge in [-0.05, 0) is 24.1 Å². The number of carboxylic acids is 1. The molecule has 0 unspecified atom stereocenters. The Bertz CT molecular complexity index is 584. The van der Waals surface area contributed by atoms with Crippen molar-refractivity contribution in [2.45, 2.75) is 6.36 Å². The van der Waals surface area contributed by atoms with Crippen LogP contribution in [0, 0.1) is 11.8 Å². The van der Waals surface area contributed by atoms with E-state index in [0.717, 1.165) is 12.1 Å². The number of ether oxygens (including phenoxy) is 1. The lowest BCUT2D eigenvalue weighted by Crippen LogP contribution is -2.17. The second kappa shape index (κ2) is 5.30. The van der Waals surface area contributed by atoms with E-state index in [9.17, 15) is 22.8 Å². The molecule has 5 nitrogen and oxygen atoms in total. The monoisotopic (exact) mass is 273 g/mol. The Morgan fingerprint density at radius 2 is 1.89 bits per heavy atom. The Morgan fingerprint density at radius 3 is 2.37 bits per heavy atom. The number of amides is 1. The Hall–Kier alpha value is -2.69. The van der Waals surface area contributed by atoms with Crippen molar-refractivity contribution in [3.63, 3.8) is 0 Å². The summed E-state index contributed by atoms with van der Waals surface area (Å²) >= 11 is 0. The third-order valence-corrected chi connectivity index (χ3v) is 1.72. The zero-order chi connectivity index (χ0) is 14.6. The lowest BCUT2D eigenvalue weighted by Gasteiger charge is -2.09. The molecule has 1 amide bonds. The van der Waals surface area contributed by atoms with E-state index >= 15 is 0 Å². The molecule has 0 bridgehead atoms. The van der Waals surface area contributed by atoms with Gasteiger partial charge in [0, 0.05) is 5.56 Å². The van der Waals surface area contributed by atoms with Gasteiger partial charge in [-0.15, -0.1) is 13.2 Å². The number of carbonyl (C=O) groups excluding carboxylic acids is 1. The highest BCUT2D eigenvalue weighted by Crippen LogP contribution is 2.24. The van der Waals surface area contributed by atoms with Crippen molar-refractivity contribution in [1.82, 2.24) is 0 Å². The molecule has 8 heteroatoms. The van der Waals surface area contributed by atoms with Crippen molar-refractivity contribution >= 4 is 11.9 Å². The standard InChI is InChI=1S/C11H6F3NO4/c12-11(13,14)19-8-4-6(1-2-9(15)16)3-7(5-8)10(17)18/h3-5H,(H2,15,16)(H,17,18). The summed E-state index contributed by atoms with van der Waals surface area (Å²) in [6.07, 6.45) is -4.97. The highest BCUT2D eigenvalue weighted by atomic mass is 19.4. The van der Waals surface area contributed by atoms with Gasteiger partial charge in [0.2, 0.25) is 0 Å². The van der Waals surface area contributed by atoms with Crippen LogP contribution in [0.15, 0.2) is 18.2 Å². The third-order valence-electron chi connectivity index (χ3n) is 1.72. The predicted octanol–water partition coefficient (Wildman–Crippen LogP) is 1.12. The summed E-state index contributed by atoms with van der Waals surface area (Å²) in [5.41, 5.74) is 4.13. The highest BCUT2D eigenvalue weighted by Gasteiger charge is 2.31. The molecule has 0 spiro atoms. The lowest BCUT2D eigenvalue weighted by molar-refractivity contribution is -0.274. The summed E-state index contributed by atoms with van der Waals surface area (Å²) < 4.78 is 39.7. The molecular formula is C11H6F3NO4. The Balaban J connectivity index is 3.23. The smallest absolute Gasteiger partial charge is 0.478 e. The van der Waals surface area contributed by atoms with Gasteiger partial charge in [-0.1, -0.05) is 5.92 Å². The van der Waals surface area contributed by atoms with E-state index in [-0.39, 0.29) is 5.56 Å². The minimum Gasteiger partial charge on any atom is -0.478 e. The van der Waals surface area contributed by atoms with E-state index in [4.69, 9.17) is 10.8 Å². The van der Waals surface area contributed by atoms with Gasteiger partial charge < -0.3 is 15.6 Å². The number of aromatic carboxylic acids is 1. The van der Waals surface area contributed by atoms with Gasteiger partial charge in [-0.25, -0.2) is 4.79 Å². The van der Waals surface area contributed by atoms with E-state index in [1.807, 2.05) is 5.92 Å². The molecule has 0 radical (unpaired) electrons. The van der Waals surface area contributed by atoms with Crippen LogP contribution in [0.1, 0.15) is 15.9 Å². The van der Waals surface area contributed by atoms with E-state index in [0.29, 0.717) is 6.07 Å². The number of carbonyl (C=O) groups is 2. The first kappa shape index (κ1) is 14.4. The minimum absolute atomic E-state index is 0.141. The fraction of sp³-hybridized carbons (Fsp3) is 0.0909. The fourth-order valence-corrected chi connectivity index (χ4v) is 1.12. The summed E-state index contributed by atoms with van der Waals surface area (Å²) in [6, 6.07) is 2.52. The van der Waals surface area contributed by atoms with Crippen molar-refractivity contribution in [2.75, 3.05) is 0 Å². The SMILES string of the molecule is NC(=O)C#Cc1cc(OC(F)(F)F)cc(C(=O)O)c1. The van der Waals surface area contributed by atoms with Gasteiger partial charge in [0.1, 0.15) is 5.75 Å². The van der Waals surface area contributed by atoms with Crippen molar-refractivity contribution in [3.05, 3.63) is 29.3 Å². The maximum absolute atomic E-state index is 12.0. The van der Waals surface area contributed by atoms with Crippen LogP contribution in [-0.4, -0.2) is 23.3 Å². The number of rotatable bonds is 2. The van der Waals surface area contributed by atoms with Crippen LogP contribution in [0.3, 0.4) is 0 Å². The van der Waals surface area contributed by atoms with Gasteiger partial charge in [-0.3, -0.25) is 4.79 Å². The van der Waals surface area contributed by atoms with Crippen LogP contribution in [0.2, 0.25) is 0 Å². The average molecular weight is 273 g/mol. The fourth-order valence-electron chi connectivity index (χ4n) is 1.12. The molecule has 0 aliphatic heterocycles. The number of benzene rings is 1. The topological polar surface area (TPSA) is 89.6 Å². The average Bonchev–Trinajstić information content (AvgIpc) is 2.23. The lowest BCUT2D eigenvalue weighted by atomic mass is 10.1. The van der Waals surface area contributed by atoms with Crippen LogP contribution >= 0.6 is 0 Å². The van der Waals surface area contributed by atoms with Crippen molar-refractivity contribution in [1.29, 1.82) is 0 Å². The first-order valence-corrected chi connectivity index (χ1v) is 4.63. The van der Waals surface area contributed by atoms with Crippen LogP contribution in [-0.2, 0) is 4.79 Å². The van der Waals surface area contributed by atoms with Crippen molar-refractivity contribution in [3.8, 4) is 17.6 Å². The van der Waals surface area contributed by atoms with Crippen molar-refractivity contribution in [2.24, 2.45) is 5.73 Å². The molecular weight excluding hydrogens is 267 g/mol. The molecule has 0 atom stereocenters. The van der Waals surface area contributed by atoms with Gasteiger partial charge in [-0.2, -0.15) is 0 Å². The maximum atomic E-state index is 12.0. The largest absolute Gasteiger partial charge is 0.573 e. The summed E-state index contributed by atoms with van der Waals surface area (Å²) in [4.78, 5) is 21.2. The van der Waals surface area contributed by atoms with Crippen LogP contribution in [0.4, 0.5) is 13.2 Å². The summed E-state index contributed by atoms with van der Waals surface area (Å²) in [5.74, 6) is 0.794. The molecule has 1 rings (SSSR count). The molecule has 0 saturated heterocycles. The third kappa shape index (κ3) is 4.99. The highest BCUT2D eigenvalue weighted by molar-refractivity contribution is 5.93. The second-order valence-electron chi connectivity index (χ2n) is 3.21. The predicted molar refractivity (Wildman–Crippen MR) is 56.2 cm³/mol. The first-order chi connectivity index (χ1) is 8.67. The first-order valence-electron chi connectivity index (χ1n) is 4.63. The number of nitrogens with two attached hydrogens (primary N) is 1. The number of carboxylic acid groups (broad SMARTS) is 1. The van der Waals surface area contributed by atoms with Gasteiger partial charge >= 0.3 is 12.3 Å². The molecule has 19 heavy (non-hydrogen) atoms. The molecule has 0 aliphatic carbocycles. The van der Waals surface area contributed by atoms with E-state index in [1.54, 1.807) is 0 Å². The summed E-state index contributed by atoms with van der Waals surface area (Å²) in [5, 5.41) is 8.73. The molecule has 0 heterocycles. The molecule has 1 aromatic carbocycles. The zero-order valence-corrected chi connectivity index (χ0v) is 9.12. The molecule has 1 aromatic rings. The van der Waals surface area contributed by atoms with Crippen LogP contribution < -0.4 is 10.5 Å². The molecule has 100 valence electrons. The van der Waals surface area contributed by atoms with E-state index < -0.39 is 29.6 Å². The van der Waals surface area contributed by atoms with Gasteiger partial charge in [0.25, 0.3) is 5.91 Å². The van der Waals surface area contributed by atoms with E-state index in [1.165, 1.54) is 0 Å². The molecule has 0 aromatic heterocycles. The minimum atomic E-state index is -4.97. The normalized spacial score (nSPS) is 10.3.